The van der Waals surface area contributed by atoms with Gasteiger partial charge in [0.1, 0.15) is 17.1 Å². The van der Waals surface area contributed by atoms with Gasteiger partial charge >= 0.3 is 10.1 Å². The zero-order valence-electron chi connectivity index (χ0n) is 14.9. The van der Waals surface area contributed by atoms with Crippen LogP contribution in [0.15, 0.2) is 55.3 Å². The summed E-state index contributed by atoms with van der Waals surface area (Å²) in [4.78, 5) is 13.3. The third kappa shape index (κ3) is 5.21. The first-order valence-electron chi connectivity index (χ1n) is 8.13. The molecule has 0 radical (unpaired) electrons. The lowest BCUT2D eigenvalue weighted by Crippen LogP contribution is -2.28. The number of anilines is 1. The van der Waals surface area contributed by atoms with Crippen LogP contribution in [-0.2, 0) is 10.1 Å². The summed E-state index contributed by atoms with van der Waals surface area (Å²) in [5.74, 6) is 0.766. The Bertz CT molecular complexity index is 1130. The normalized spacial score (nSPS) is 11.0. The number of benzene rings is 1. The molecule has 10 heteroatoms. The number of aromatic nitrogens is 3. The maximum atomic E-state index is 11.2. The Balaban J connectivity index is 1.84. The summed E-state index contributed by atoms with van der Waals surface area (Å²) in [6.07, 6.45) is 4.32. The van der Waals surface area contributed by atoms with E-state index in [2.05, 4.69) is 32.2 Å². The summed E-state index contributed by atoms with van der Waals surface area (Å²) in [6.45, 7) is 4.16. The summed E-state index contributed by atoms with van der Waals surface area (Å²) in [6, 6.07) is 10.1. The highest BCUT2D eigenvalue weighted by molar-refractivity contribution is 7.86. The number of fused-ring (bicyclic) bond motifs is 1. The molecule has 0 aliphatic carbocycles. The number of nitrogens with zero attached hydrogens (tertiary/aromatic N) is 3. The van der Waals surface area contributed by atoms with Crippen molar-refractivity contribution < 1.29 is 12.6 Å². The van der Waals surface area contributed by atoms with Crippen LogP contribution in [0.5, 0.6) is 5.75 Å². The van der Waals surface area contributed by atoms with Gasteiger partial charge in [0, 0.05) is 12.1 Å². The molecule has 0 spiro atoms. The van der Waals surface area contributed by atoms with Crippen molar-refractivity contribution in [1.82, 2.24) is 20.3 Å². The molecule has 8 nitrogen and oxygen atoms in total. The summed E-state index contributed by atoms with van der Waals surface area (Å²) in [5, 5.41) is 6.36. The SMILES string of the molecule is C=CCNC(=S)Nc1ccc2ncc(-c3ccc(OS(C)(=O)=O)cc3)nc2n1. The van der Waals surface area contributed by atoms with E-state index in [0.29, 0.717) is 34.3 Å². The van der Waals surface area contributed by atoms with E-state index in [0.717, 1.165) is 11.8 Å². The number of nitrogens with one attached hydrogen (secondary N) is 2. The van der Waals surface area contributed by atoms with Crippen molar-refractivity contribution in [3.05, 3.63) is 55.3 Å². The summed E-state index contributed by atoms with van der Waals surface area (Å²) < 4.78 is 27.2. The van der Waals surface area contributed by atoms with Crippen LogP contribution in [0.2, 0.25) is 0 Å². The Labute approximate surface area is 167 Å². The minimum atomic E-state index is -3.57. The van der Waals surface area contributed by atoms with E-state index in [1.807, 2.05) is 0 Å². The van der Waals surface area contributed by atoms with Crippen molar-refractivity contribution in [3.8, 4) is 17.0 Å². The highest BCUT2D eigenvalue weighted by Crippen LogP contribution is 2.22. The molecule has 0 amide bonds. The molecule has 0 fully saturated rings. The second-order valence-corrected chi connectivity index (χ2v) is 7.71. The fourth-order valence-electron chi connectivity index (χ4n) is 2.29. The number of pyridine rings is 1. The molecular formula is C18H17N5O3S2. The van der Waals surface area contributed by atoms with E-state index < -0.39 is 10.1 Å². The van der Waals surface area contributed by atoms with E-state index in [-0.39, 0.29) is 5.75 Å². The number of hydrogen-bond donors (Lipinski definition) is 2. The van der Waals surface area contributed by atoms with Gasteiger partial charge in [0.2, 0.25) is 0 Å². The van der Waals surface area contributed by atoms with E-state index in [9.17, 15) is 8.42 Å². The molecular weight excluding hydrogens is 398 g/mol. The Hall–Kier alpha value is -3.11. The molecule has 1 aromatic carbocycles. The lowest BCUT2D eigenvalue weighted by molar-refractivity contribution is 0.493. The number of thiocarbonyl (C=S) groups is 1. The molecule has 0 unspecified atom stereocenters. The molecule has 144 valence electrons. The fraction of sp³-hybridized carbons (Fsp3) is 0.111. The average molecular weight is 416 g/mol. The molecule has 0 saturated carbocycles. The highest BCUT2D eigenvalue weighted by atomic mass is 32.2. The minimum Gasteiger partial charge on any atom is -0.383 e. The standard InChI is InChI=1S/C18H17N5O3S2/c1-3-10-19-18(27)23-16-9-8-14-17(22-16)21-15(11-20-14)12-4-6-13(7-5-12)26-28(2,24)25/h3-9,11H,1,10H2,2H3,(H2,19,21,22,23,27). The maximum absolute atomic E-state index is 11.2. The molecule has 2 aromatic heterocycles. The predicted molar refractivity (Wildman–Crippen MR) is 113 cm³/mol. The average Bonchev–Trinajstić information content (AvgIpc) is 2.65. The van der Waals surface area contributed by atoms with Crippen LogP contribution in [-0.4, -0.2) is 41.3 Å². The van der Waals surface area contributed by atoms with Crippen LogP contribution in [0.1, 0.15) is 0 Å². The Morgan fingerprint density at radius 3 is 2.64 bits per heavy atom. The van der Waals surface area contributed by atoms with Crippen LogP contribution in [0.3, 0.4) is 0 Å². The van der Waals surface area contributed by atoms with Gasteiger partial charge < -0.3 is 14.8 Å². The van der Waals surface area contributed by atoms with Crippen molar-refractivity contribution in [2.75, 3.05) is 18.1 Å². The Kier molecular flexibility index (Phi) is 5.81. The molecule has 3 rings (SSSR count). The summed E-state index contributed by atoms with van der Waals surface area (Å²) in [7, 11) is -3.57. The minimum absolute atomic E-state index is 0.227. The molecule has 0 bridgehead atoms. The van der Waals surface area contributed by atoms with Gasteiger partial charge in [0.25, 0.3) is 0 Å². The lowest BCUT2D eigenvalue weighted by Gasteiger charge is -2.09. The topological polar surface area (TPSA) is 106 Å². The Morgan fingerprint density at radius 1 is 1.21 bits per heavy atom. The monoisotopic (exact) mass is 415 g/mol. The third-order valence-electron chi connectivity index (χ3n) is 3.45. The lowest BCUT2D eigenvalue weighted by atomic mass is 10.1. The fourth-order valence-corrected chi connectivity index (χ4v) is 2.94. The van der Waals surface area contributed by atoms with Crippen molar-refractivity contribution in [2.24, 2.45) is 0 Å². The Morgan fingerprint density at radius 2 is 1.96 bits per heavy atom. The van der Waals surface area contributed by atoms with E-state index in [4.69, 9.17) is 16.4 Å². The molecule has 0 saturated heterocycles. The number of rotatable bonds is 6. The van der Waals surface area contributed by atoms with Gasteiger partial charge in [0.05, 0.1) is 18.1 Å². The van der Waals surface area contributed by atoms with Gasteiger partial charge in [-0.25, -0.2) is 9.97 Å². The molecule has 28 heavy (non-hydrogen) atoms. The zero-order chi connectivity index (χ0) is 20.1. The van der Waals surface area contributed by atoms with Gasteiger partial charge in [0.15, 0.2) is 10.8 Å². The van der Waals surface area contributed by atoms with Crippen molar-refractivity contribution in [2.45, 2.75) is 0 Å². The second-order valence-electron chi connectivity index (χ2n) is 5.73. The molecule has 0 atom stereocenters. The first-order chi connectivity index (χ1) is 13.3. The van der Waals surface area contributed by atoms with Crippen LogP contribution >= 0.6 is 12.2 Å². The molecule has 2 N–H and O–H groups in total. The van der Waals surface area contributed by atoms with Gasteiger partial charge in [-0.15, -0.1) is 6.58 Å². The van der Waals surface area contributed by atoms with E-state index in [1.165, 1.54) is 0 Å². The molecule has 3 aromatic rings. The number of hydrogen-bond acceptors (Lipinski definition) is 7. The van der Waals surface area contributed by atoms with Gasteiger partial charge in [-0.3, -0.25) is 4.98 Å². The van der Waals surface area contributed by atoms with Crippen LogP contribution in [0.4, 0.5) is 5.82 Å². The first kappa shape index (κ1) is 19.6. The smallest absolute Gasteiger partial charge is 0.306 e. The van der Waals surface area contributed by atoms with Crippen molar-refractivity contribution in [3.63, 3.8) is 0 Å². The second kappa shape index (κ2) is 8.28. The summed E-state index contributed by atoms with van der Waals surface area (Å²) >= 11 is 5.18. The molecule has 0 aliphatic rings. The highest BCUT2D eigenvalue weighted by Gasteiger charge is 2.08. The van der Waals surface area contributed by atoms with Gasteiger partial charge in [-0.1, -0.05) is 6.08 Å². The molecule has 0 aliphatic heterocycles. The van der Waals surface area contributed by atoms with Crippen LogP contribution in [0, 0.1) is 0 Å². The van der Waals surface area contributed by atoms with E-state index >= 15 is 0 Å². The zero-order valence-corrected chi connectivity index (χ0v) is 16.5. The largest absolute Gasteiger partial charge is 0.383 e. The summed E-state index contributed by atoms with van der Waals surface area (Å²) in [5.41, 5.74) is 2.43. The maximum Gasteiger partial charge on any atom is 0.306 e. The van der Waals surface area contributed by atoms with Gasteiger partial charge in [-0.2, -0.15) is 8.42 Å². The third-order valence-corrected chi connectivity index (χ3v) is 4.19. The van der Waals surface area contributed by atoms with E-state index in [1.54, 1.807) is 48.7 Å². The van der Waals surface area contributed by atoms with Crippen molar-refractivity contribution >= 4 is 44.4 Å². The predicted octanol–water partition coefficient (Wildman–Crippen LogP) is 2.50. The van der Waals surface area contributed by atoms with Gasteiger partial charge in [-0.05, 0) is 48.6 Å². The van der Waals surface area contributed by atoms with Crippen molar-refractivity contribution in [1.29, 1.82) is 0 Å². The molecule has 2 heterocycles. The quantitative estimate of drug-likeness (QED) is 0.357. The van der Waals surface area contributed by atoms with Crippen LogP contribution in [0.25, 0.3) is 22.4 Å². The first-order valence-corrected chi connectivity index (χ1v) is 10.4. The van der Waals surface area contributed by atoms with Crippen LogP contribution < -0.4 is 14.8 Å².